The Bertz CT molecular complexity index is 359. The van der Waals surface area contributed by atoms with E-state index in [4.69, 9.17) is 5.11 Å². The first-order valence-electron chi connectivity index (χ1n) is 7.21. The van der Waals surface area contributed by atoms with Gasteiger partial charge in [-0.15, -0.1) is 0 Å². The molecule has 108 valence electrons. The fraction of sp³-hybridized carbons (Fsp3) is 0.857. The third-order valence-electron chi connectivity index (χ3n) is 4.46. The van der Waals surface area contributed by atoms with Gasteiger partial charge in [-0.05, 0) is 46.2 Å². The molecule has 1 aliphatic carbocycles. The van der Waals surface area contributed by atoms with Crippen LogP contribution in [0.4, 0.5) is 0 Å². The molecule has 19 heavy (non-hydrogen) atoms. The zero-order chi connectivity index (χ0) is 14.0. The van der Waals surface area contributed by atoms with E-state index in [2.05, 4.69) is 18.9 Å². The molecule has 5 nitrogen and oxygen atoms in total. The van der Waals surface area contributed by atoms with Crippen LogP contribution in [0.5, 0.6) is 0 Å². The second-order valence-corrected chi connectivity index (χ2v) is 6.04. The fourth-order valence-corrected chi connectivity index (χ4v) is 3.36. The van der Waals surface area contributed by atoms with Crippen LogP contribution in [0.15, 0.2) is 0 Å². The summed E-state index contributed by atoms with van der Waals surface area (Å²) >= 11 is 0. The maximum absolute atomic E-state index is 12.6. The molecule has 2 fully saturated rings. The average Bonchev–Trinajstić information content (AvgIpc) is 2.77. The number of carboxylic acids is 1. The molecule has 0 aromatic carbocycles. The molecular weight excluding hydrogens is 244 g/mol. The Morgan fingerprint density at radius 2 is 1.84 bits per heavy atom. The van der Waals surface area contributed by atoms with E-state index in [9.17, 15) is 9.59 Å². The predicted octanol–water partition coefficient (Wildman–Crippen LogP) is 1.04. The smallest absolute Gasteiger partial charge is 0.306 e. The van der Waals surface area contributed by atoms with Gasteiger partial charge < -0.3 is 14.9 Å². The lowest BCUT2D eigenvalue weighted by Crippen LogP contribution is -2.44. The summed E-state index contributed by atoms with van der Waals surface area (Å²) in [5.74, 6) is -0.976. The third-order valence-corrected chi connectivity index (χ3v) is 4.46. The van der Waals surface area contributed by atoms with Gasteiger partial charge >= 0.3 is 5.97 Å². The maximum Gasteiger partial charge on any atom is 0.306 e. The minimum atomic E-state index is -0.751. The fourth-order valence-electron chi connectivity index (χ4n) is 3.36. The normalized spacial score (nSPS) is 33.2. The van der Waals surface area contributed by atoms with Crippen LogP contribution in [-0.2, 0) is 9.59 Å². The molecule has 0 aromatic heterocycles. The van der Waals surface area contributed by atoms with Crippen LogP contribution in [0.3, 0.4) is 0 Å². The van der Waals surface area contributed by atoms with Crippen molar-refractivity contribution < 1.29 is 14.7 Å². The number of nitrogens with zero attached hydrogens (tertiary/aromatic N) is 2. The molecule has 2 aliphatic rings. The van der Waals surface area contributed by atoms with Crippen molar-refractivity contribution in [2.75, 3.05) is 26.7 Å². The molecule has 2 rings (SSSR count). The lowest BCUT2D eigenvalue weighted by atomic mass is 10.0. The number of carboxylic acid groups (broad SMARTS) is 1. The van der Waals surface area contributed by atoms with Gasteiger partial charge in [0, 0.05) is 25.0 Å². The Morgan fingerprint density at radius 1 is 1.16 bits per heavy atom. The Hall–Kier alpha value is -1.10. The molecule has 1 N–H and O–H groups in total. The van der Waals surface area contributed by atoms with E-state index in [1.807, 2.05) is 4.90 Å². The predicted molar refractivity (Wildman–Crippen MR) is 71.8 cm³/mol. The Balaban J connectivity index is 1.97. The SMILES string of the molecule is CC1CN(C)CCCN1C(=O)C1CCC(C(=O)O)C1. The third kappa shape index (κ3) is 3.26. The van der Waals surface area contributed by atoms with E-state index >= 15 is 0 Å². The van der Waals surface area contributed by atoms with Crippen molar-refractivity contribution in [3.63, 3.8) is 0 Å². The molecule has 1 heterocycles. The van der Waals surface area contributed by atoms with Crippen molar-refractivity contribution in [2.45, 2.75) is 38.6 Å². The molecule has 1 aliphatic heterocycles. The standard InChI is InChI=1S/C14H24N2O3/c1-10-9-15(2)6-3-7-16(10)13(17)11-4-5-12(8-11)14(18)19/h10-12H,3-9H2,1-2H3,(H,18,19). The second-order valence-electron chi connectivity index (χ2n) is 6.04. The molecule has 1 amide bonds. The molecule has 1 saturated carbocycles. The van der Waals surface area contributed by atoms with Crippen LogP contribution in [0.2, 0.25) is 0 Å². The highest BCUT2D eigenvalue weighted by atomic mass is 16.4. The van der Waals surface area contributed by atoms with Gasteiger partial charge in [0.05, 0.1) is 5.92 Å². The van der Waals surface area contributed by atoms with Gasteiger partial charge in [-0.2, -0.15) is 0 Å². The van der Waals surface area contributed by atoms with Crippen LogP contribution in [-0.4, -0.2) is 59.5 Å². The lowest BCUT2D eigenvalue weighted by molar-refractivity contribution is -0.142. The lowest BCUT2D eigenvalue weighted by Gasteiger charge is -2.30. The van der Waals surface area contributed by atoms with Gasteiger partial charge in [0.2, 0.25) is 5.91 Å². The largest absolute Gasteiger partial charge is 0.481 e. The van der Waals surface area contributed by atoms with Crippen molar-refractivity contribution in [2.24, 2.45) is 11.8 Å². The van der Waals surface area contributed by atoms with Crippen molar-refractivity contribution in [1.29, 1.82) is 0 Å². The molecule has 0 aromatic rings. The van der Waals surface area contributed by atoms with Crippen molar-refractivity contribution in [3.8, 4) is 0 Å². The van der Waals surface area contributed by atoms with Gasteiger partial charge in [0.15, 0.2) is 0 Å². The topological polar surface area (TPSA) is 60.9 Å². The minimum absolute atomic E-state index is 0.0769. The summed E-state index contributed by atoms with van der Waals surface area (Å²) in [6, 6.07) is 0.226. The van der Waals surface area contributed by atoms with Crippen LogP contribution in [0.1, 0.15) is 32.6 Å². The second kappa shape index (κ2) is 5.90. The molecule has 5 heteroatoms. The number of rotatable bonds is 2. The quantitative estimate of drug-likeness (QED) is 0.813. The zero-order valence-corrected chi connectivity index (χ0v) is 11.8. The first kappa shape index (κ1) is 14.3. The van der Waals surface area contributed by atoms with Crippen molar-refractivity contribution in [3.05, 3.63) is 0 Å². The van der Waals surface area contributed by atoms with Crippen LogP contribution >= 0.6 is 0 Å². The number of hydrogen-bond acceptors (Lipinski definition) is 3. The zero-order valence-electron chi connectivity index (χ0n) is 11.8. The van der Waals surface area contributed by atoms with E-state index in [1.165, 1.54) is 0 Å². The summed E-state index contributed by atoms with van der Waals surface area (Å²) in [5.41, 5.74) is 0. The Labute approximate surface area is 114 Å². The Morgan fingerprint density at radius 3 is 2.47 bits per heavy atom. The molecule has 0 spiro atoms. The van der Waals surface area contributed by atoms with Gasteiger partial charge in [-0.25, -0.2) is 0 Å². The average molecular weight is 268 g/mol. The summed E-state index contributed by atoms with van der Waals surface area (Å²) in [5, 5.41) is 9.02. The Kier molecular flexibility index (Phi) is 4.45. The van der Waals surface area contributed by atoms with E-state index < -0.39 is 5.97 Å². The van der Waals surface area contributed by atoms with E-state index in [0.717, 1.165) is 32.5 Å². The van der Waals surface area contributed by atoms with E-state index in [-0.39, 0.29) is 23.8 Å². The number of hydrogen-bond donors (Lipinski definition) is 1. The molecule has 1 saturated heterocycles. The monoisotopic (exact) mass is 268 g/mol. The summed E-state index contributed by atoms with van der Waals surface area (Å²) in [4.78, 5) is 27.8. The maximum atomic E-state index is 12.6. The number of amides is 1. The number of carbonyl (C=O) groups excluding carboxylic acids is 1. The number of likely N-dealkylation sites (N-methyl/N-ethyl adjacent to an activating group) is 1. The van der Waals surface area contributed by atoms with Gasteiger partial charge in [0.25, 0.3) is 0 Å². The van der Waals surface area contributed by atoms with Crippen molar-refractivity contribution in [1.82, 2.24) is 9.80 Å². The highest BCUT2D eigenvalue weighted by Crippen LogP contribution is 2.33. The molecule has 3 unspecified atom stereocenters. The first-order chi connectivity index (χ1) is 8.99. The summed E-state index contributed by atoms with van der Waals surface area (Å²) < 4.78 is 0. The molecule has 3 atom stereocenters. The summed E-state index contributed by atoms with van der Waals surface area (Å²) in [7, 11) is 2.08. The highest BCUT2D eigenvalue weighted by molar-refractivity contribution is 5.81. The molecule has 0 radical (unpaired) electrons. The summed E-state index contributed by atoms with van der Waals surface area (Å²) in [6.07, 6.45) is 2.90. The minimum Gasteiger partial charge on any atom is -0.481 e. The van der Waals surface area contributed by atoms with Gasteiger partial charge in [0.1, 0.15) is 0 Å². The van der Waals surface area contributed by atoms with E-state index in [1.54, 1.807) is 0 Å². The van der Waals surface area contributed by atoms with Gasteiger partial charge in [-0.3, -0.25) is 9.59 Å². The van der Waals surface area contributed by atoms with Crippen molar-refractivity contribution >= 4 is 11.9 Å². The number of aliphatic carboxylic acids is 1. The van der Waals surface area contributed by atoms with Crippen LogP contribution < -0.4 is 0 Å². The van der Waals surface area contributed by atoms with Gasteiger partial charge in [-0.1, -0.05) is 0 Å². The van der Waals surface area contributed by atoms with Crippen LogP contribution in [0.25, 0.3) is 0 Å². The number of carbonyl (C=O) groups is 2. The first-order valence-corrected chi connectivity index (χ1v) is 7.21. The summed E-state index contributed by atoms with van der Waals surface area (Å²) in [6.45, 7) is 4.82. The van der Waals surface area contributed by atoms with Crippen LogP contribution in [0, 0.1) is 11.8 Å². The highest BCUT2D eigenvalue weighted by Gasteiger charge is 2.37. The molecule has 0 bridgehead atoms. The van der Waals surface area contributed by atoms with E-state index in [0.29, 0.717) is 12.8 Å². The molecular formula is C14H24N2O3.